The monoisotopic (exact) mass is 537 g/mol. The summed E-state index contributed by atoms with van der Waals surface area (Å²) in [6, 6.07) is 7.51. The average Bonchev–Trinajstić information content (AvgIpc) is 3.58. The van der Waals surface area contributed by atoms with E-state index < -0.39 is 32.6 Å². The normalized spacial score (nSPS) is 17.5. The summed E-state index contributed by atoms with van der Waals surface area (Å²) in [5.74, 6) is 0.640. The number of rotatable bonds is 6. The predicted octanol–water partition coefficient (Wildman–Crippen LogP) is 3.29. The molecule has 1 amide bonds. The van der Waals surface area contributed by atoms with Crippen LogP contribution in [0.4, 0.5) is 10.8 Å². The molecule has 0 unspecified atom stereocenters. The smallest absolute Gasteiger partial charge is 0.289 e. The van der Waals surface area contributed by atoms with Gasteiger partial charge in [0.1, 0.15) is 16.1 Å². The predicted molar refractivity (Wildman–Crippen MR) is 125 cm³/mol. The first kappa shape index (κ1) is 23.4. The third-order valence-corrected chi connectivity index (χ3v) is 8.61. The molecule has 182 valence electrons. The maximum absolute atomic E-state index is 13.2. The Balaban J connectivity index is 1.34. The molecule has 0 bridgehead atoms. The van der Waals surface area contributed by atoms with Gasteiger partial charge in [0.2, 0.25) is 27.9 Å². The average molecular weight is 538 g/mol. The van der Waals surface area contributed by atoms with Crippen LogP contribution >= 0.6 is 22.9 Å². The zero-order valence-electron chi connectivity index (χ0n) is 17.7. The number of benzene rings is 2. The maximum Gasteiger partial charge on any atom is 0.289 e. The number of carbonyl (C=O) groups excluding carboxylic acids is 1. The molecule has 1 N–H and O–H groups in total. The zero-order chi connectivity index (χ0) is 24.7. The summed E-state index contributed by atoms with van der Waals surface area (Å²) in [5.41, 5.74) is 0.194. The number of nitrogens with zero attached hydrogens (tertiary/aromatic N) is 4. The van der Waals surface area contributed by atoms with E-state index in [1.54, 1.807) is 18.2 Å². The maximum atomic E-state index is 13.2. The highest BCUT2D eigenvalue weighted by Gasteiger charge is 2.40. The number of amides is 1. The summed E-state index contributed by atoms with van der Waals surface area (Å²) in [5, 5.41) is 22.4. The standard InChI is InChI=1S/C20H16ClN5O7S2/c21-13-5-4-12(9-15(13)26(28)29)35(30,31)25-7-1-2-14(25)18(27)22-20-24-23-19(34-20)11-3-6-16-17(8-11)33-10-32-16/h3-6,8-9,14H,1-2,7,10H2,(H,22,24,27)/t14-/m1/s1. The van der Waals surface area contributed by atoms with Crippen molar-refractivity contribution in [2.45, 2.75) is 23.8 Å². The van der Waals surface area contributed by atoms with Crippen LogP contribution in [-0.2, 0) is 14.8 Å². The van der Waals surface area contributed by atoms with Gasteiger partial charge in [0.15, 0.2) is 11.5 Å². The number of halogens is 1. The molecule has 0 saturated carbocycles. The van der Waals surface area contributed by atoms with Crippen LogP contribution in [0.5, 0.6) is 11.5 Å². The molecule has 0 radical (unpaired) electrons. The summed E-state index contributed by atoms with van der Waals surface area (Å²) < 4.78 is 38.1. The van der Waals surface area contributed by atoms with Crippen LogP contribution in [0.1, 0.15) is 12.8 Å². The molecule has 0 aliphatic carbocycles. The van der Waals surface area contributed by atoms with Crippen molar-refractivity contribution in [3.05, 3.63) is 51.5 Å². The Hall–Kier alpha value is -3.33. The molecule has 2 aromatic carbocycles. The van der Waals surface area contributed by atoms with Crippen molar-refractivity contribution in [3.8, 4) is 22.1 Å². The summed E-state index contributed by atoms with van der Waals surface area (Å²) in [6.07, 6.45) is 0.736. The number of hydrogen-bond acceptors (Lipinski definition) is 10. The SMILES string of the molecule is O=C(Nc1nnc(-c2ccc3c(c2)OCO3)s1)[C@H]1CCCN1S(=O)(=O)c1ccc(Cl)c([N+](=O)[O-])c1. The van der Waals surface area contributed by atoms with Gasteiger partial charge in [-0.15, -0.1) is 10.2 Å². The van der Waals surface area contributed by atoms with Gasteiger partial charge in [-0.05, 0) is 43.2 Å². The molecule has 35 heavy (non-hydrogen) atoms. The lowest BCUT2D eigenvalue weighted by Crippen LogP contribution is -2.43. The Labute approximate surface area is 207 Å². The number of nitro groups is 1. The number of aromatic nitrogens is 2. The van der Waals surface area contributed by atoms with Crippen molar-refractivity contribution in [1.82, 2.24) is 14.5 Å². The van der Waals surface area contributed by atoms with Gasteiger partial charge in [-0.25, -0.2) is 8.42 Å². The second-order valence-corrected chi connectivity index (χ2v) is 10.9. The number of carbonyl (C=O) groups is 1. The minimum atomic E-state index is -4.19. The van der Waals surface area contributed by atoms with Crippen LogP contribution in [0, 0.1) is 10.1 Å². The quantitative estimate of drug-likeness (QED) is 0.368. The lowest BCUT2D eigenvalue weighted by molar-refractivity contribution is -0.384. The zero-order valence-corrected chi connectivity index (χ0v) is 20.1. The van der Waals surface area contributed by atoms with Gasteiger partial charge < -0.3 is 9.47 Å². The molecule has 0 spiro atoms. The minimum absolute atomic E-state index is 0.0927. The van der Waals surface area contributed by atoms with E-state index in [1.165, 1.54) is 6.07 Å². The van der Waals surface area contributed by atoms with Crippen molar-refractivity contribution in [3.63, 3.8) is 0 Å². The van der Waals surface area contributed by atoms with Gasteiger partial charge in [-0.3, -0.25) is 20.2 Å². The van der Waals surface area contributed by atoms with Gasteiger partial charge in [0.25, 0.3) is 5.69 Å². The highest BCUT2D eigenvalue weighted by molar-refractivity contribution is 7.89. The molecule has 1 saturated heterocycles. The van der Waals surface area contributed by atoms with Crippen molar-refractivity contribution in [2.24, 2.45) is 0 Å². The second-order valence-electron chi connectivity index (χ2n) is 7.61. The van der Waals surface area contributed by atoms with Crippen molar-refractivity contribution >= 4 is 49.7 Å². The molecule has 3 aromatic rings. The Morgan fingerprint density at radius 3 is 2.80 bits per heavy atom. The largest absolute Gasteiger partial charge is 0.454 e. The molecular weight excluding hydrogens is 522 g/mol. The molecule has 1 aromatic heterocycles. The van der Waals surface area contributed by atoms with E-state index in [-0.39, 0.29) is 34.8 Å². The second kappa shape index (κ2) is 9.03. The number of nitrogens with one attached hydrogen (secondary N) is 1. The minimum Gasteiger partial charge on any atom is -0.454 e. The Morgan fingerprint density at radius 1 is 1.20 bits per heavy atom. The fraction of sp³-hybridized carbons (Fsp3) is 0.250. The molecule has 2 aliphatic heterocycles. The number of fused-ring (bicyclic) bond motifs is 1. The van der Waals surface area contributed by atoms with Gasteiger partial charge in [0, 0.05) is 18.2 Å². The molecule has 1 atom stereocenters. The highest BCUT2D eigenvalue weighted by atomic mass is 35.5. The van der Waals surface area contributed by atoms with E-state index in [2.05, 4.69) is 15.5 Å². The lowest BCUT2D eigenvalue weighted by Gasteiger charge is -2.22. The summed E-state index contributed by atoms with van der Waals surface area (Å²) in [7, 11) is -4.19. The Bertz CT molecular complexity index is 1450. The molecule has 15 heteroatoms. The van der Waals surface area contributed by atoms with Crippen molar-refractivity contribution < 1.29 is 27.6 Å². The summed E-state index contributed by atoms with van der Waals surface area (Å²) in [4.78, 5) is 23.1. The number of nitro benzene ring substituents is 1. The van der Waals surface area contributed by atoms with Gasteiger partial charge in [-0.2, -0.15) is 4.31 Å². The molecular formula is C20H16ClN5O7S2. The van der Waals surface area contributed by atoms with Crippen LogP contribution in [0.25, 0.3) is 10.6 Å². The van der Waals surface area contributed by atoms with Crippen LogP contribution < -0.4 is 14.8 Å². The molecule has 5 rings (SSSR count). The number of ether oxygens (including phenoxy) is 2. The first-order valence-electron chi connectivity index (χ1n) is 10.2. The topological polar surface area (TPSA) is 154 Å². The molecule has 1 fully saturated rings. The van der Waals surface area contributed by atoms with E-state index in [0.717, 1.165) is 33.3 Å². The molecule has 12 nitrogen and oxygen atoms in total. The number of sulfonamides is 1. The van der Waals surface area contributed by atoms with E-state index in [1.807, 2.05) is 0 Å². The fourth-order valence-corrected chi connectivity index (χ4v) is 6.43. The molecule has 2 aliphatic rings. The lowest BCUT2D eigenvalue weighted by atomic mass is 10.2. The van der Waals surface area contributed by atoms with Crippen LogP contribution in [0.3, 0.4) is 0 Å². The van der Waals surface area contributed by atoms with E-state index in [4.69, 9.17) is 21.1 Å². The first-order chi connectivity index (χ1) is 16.7. The van der Waals surface area contributed by atoms with Crippen molar-refractivity contribution in [2.75, 3.05) is 18.7 Å². The van der Waals surface area contributed by atoms with Gasteiger partial charge >= 0.3 is 0 Å². The molecule has 3 heterocycles. The fourth-order valence-electron chi connectivity index (χ4n) is 3.83. The van der Waals surface area contributed by atoms with Crippen LogP contribution in [0.2, 0.25) is 5.02 Å². The number of anilines is 1. The first-order valence-corrected chi connectivity index (χ1v) is 12.9. The Morgan fingerprint density at radius 2 is 2.00 bits per heavy atom. The van der Waals surface area contributed by atoms with E-state index in [9.17, 15) is 23.3 Å². The highest BCUT2D eigenvalue weighted by Crippen LogP contribution is 2.37. The van der Waals surface area contributed by atoms with E-state index >= 15 is 0 Å². The van der Waals surface area contributed by atoms with E-state index in [0.29, 0.717) is 22.9 Å². The summed E-state index contributed by atoms with van der Waals surface area (Å²) in [6.45, 7) is 0.232. The van der Waals surface area contributed by atoms with Crippen LogP contribution in [0.15, 0.2) is 41.3 Å². The number of hydrogen-bond donors (Lipinski definition) is 1. The van der Waals surface area contributed by atoms with Gasteiger partial charge in [0.05, 0.1) is 9.82 Å². The van der Waals surface area contributed by atoms with Crippen molar-refractivity contribution in [1.29, 1.82) is 0 Å². The third-order valence-electron chi connectivity index (χ3n) is 5.50. The Kier molecular flexibility index (Phi) is 6.04. The van der Waals surface area contributed by atoms with Crippen LogP contribution in [-0.4, -0.2) is 53.1 Å². The van der Waals surface area contributed by atoms with Gasteiger partial charge in [-0.1, -0.05) is 22.9 Å². The third kappa shape index (κ3) is 4.40. The summed E-state index contributed by atoms with van der Waals surface area (Å²) >= 11 is 6.93.